The molecule has 3 heterocycles. The number of methoxy groups -OCH3 is 1. The maximum absolute atomic E-state index is 13.0. The van der Waals surface area contributed by atoms with Gasteiger partial charge in [-0.1, -0.05) is 0 Å². The van der Waals surface area contributed by atoms with Gasteiger partial charge < -0.3 is 14.6 Å². The first-order chi connectivity index (χ1) is 11.9. The van der Waals surface area contributed by atoms with E-state index in [1.807, 2.05) is 13.8 Å². The van der Waals surface area contributed by atoms with Crippen molar-refractivity contribution in [1.82, 2.24) is 19.9 Å². The average molecular weight is 339 g/mol. The number of aromatic nitrogens is 3. The van der Waals surface area contributed by atoms with E-state index in [4.69, 9.17) is 10.00 Å². The van der Waals surface area contributed by atoms with E-state index in [9.17, 15) is 4.79 Å². The normalized spacial score (nSPS) is 19.9. The fourth-order valence-corrected chi connectivity index (χ4v) is 3.12. The molecule has 2 atom stereocenters. The van der Waals surface area contributed by atoms with Crippen LogP contribution < -0.4 is 0 Å². The summed E-state index contributed by atoms with van der Waals surface area (Å²) in [7, 11) is 1.65. The summed E-state index contributed by atoms with van der Waals surface area (Å²) in [5.41, 5.74) is 3.47. The third-order valence-corrected chi connectivity index (χ3v) is 4.77. The molecule has 0 saturated carbocycles. The summed E-state index contributed by atoms with van der Waals surface area (Å²) >= 11 is 0. The van der Waals surface area contributed by atoms with E-state index in [0.29, 0.717) is 24.2 Å². The van der Waals surface area contributed by atoms with Gasteiger partial charge in [0.05, 0.1) is 23.4 Å². The van der Waals surface area contributed by atoms with Gasteiger partial charge in [-0.2, -0.15) is 5.26 Å². The van der Waals surface area contributed by atoms with Crippen LogP contribution in [0.3, 0.4) is 0 Å². The maximum atomic E-state index is 13.0. The molecule has 1 amide bonds. The largest absolute Gasteiger partial charge is 0.380 e. The molecule has 0 aromatic carbocycles. The minimum absolute atomic E-state index is 0.0425. The minimum Gasteiger partial charge on any atom is -0.380 e. The van der Waals surface area contributed by atoms with Gasteiger partial charge in [-0.05, 0) is 32.4 Å². The van der Waals surface area contributed by atoms with Gasteiger partial charge in [0.25, 0.3) is 5.91 Å². The van der Waals surface area contributed by atoms with E-state index in [-0.39, 0.29) is 18.1 Å². The van der Waals surface area contributed by atoms with Crippen LogP contribution in [0, 0.1) is 32.1 Å². The highest BCUT2D eigenvalue weighted by Crippen LogP contribution is 2.33. The number of amides is 1. The number of nitriles is 1. The fourth-order valence-electron chi connectivity index (χ4n) is 3.12. The SMILES string of the molecule is CO[C@@H]1C[C@@H](c2nc(C)c(C)[nH]2)N(C(=O)c2cc(C)c(C#N)cn2)C1. The third-order valence-electron chi connectivity index (χ3n) is 4.77. The van der Waals surface area contributed by atoms with Gasteiger partial charge in [-0.25, -0.2) is 9.97 Å². The van der Waals surface area contributed by atoms with Crippen molar-refractivity contribution in [2.75, 3.05) is 13.7 Å². The van der Waals surface area contributed by atoms with Crippen molar-refractivity contribution in [2.24, 2.45) is 0 Å². The van der Waals surface area contributed by atoms with Crippen LogP contribution in [0.2, 0.25) is 0 Å². The quantitative estimate of drug-likeness (QED) is 0.925. The molecule has 2 aromatic heterocycles. The first-order valence-corrected chi connectivity index (χ1v) is 8.18. The number of nitrogens with one attached hydrogen (secondary N) is 1. The van der Waals surface area contributed by atoms with E-state index in [1.165, 1.54) is 6.20 Å². The summed E-state index contributed by atoms with van der Waals surface area (Å²) in [6.45, 7) is 6.19. The number of carbonyl (C=O) groups excluding carboxylic acids is 1. The zero-order valence-corrected chi connectivity index (χ0v) is 14.8. The van der Waals surface area contributed by atoms with Crippen molar-refractivity contribution < 1.29 is 9.53 Å². The van der Waals surface area contributed by atoms with Crippen molar-refractivity contribution in [2.45, 2.75) is 39.3 Å². The van der Waals surface area contributed by atoms with Crippen molar-refractivity contribution in [3.63, 3.8) is 0 Å². The molecule has 0 bridgehead atoms. The summed E-state index contributed by atoms with van der Waals surface area (Å²) in [5.74, 6) is 0.595. The molecule has 1 aliphatic heterocycles. The van der Waals surface area contributed by atoms with Crippen molar-refractivity contribution >= 4 is 5.91 Å². The highest BCUT2D eigenvalue weighted by Gasteiger charge is 2.39. The molecule has 130 valence electrons. The summed E-state index contributed by atoms with van der Waals surface area (Å²) in [6.07, 6.45) is 2.09. The molecule has 0 radical (unpaired) electrons. The van der Waals surface area contributed by atoms with E-state index in [0.717, 1.165) is 22.8 Å². The van der Waals surface area contributed by atoms with Crippen molar-refractivity contribution in [3.8, 4) is 6.07 Å². The van der Waals surface area contributed by atoms with E-state index in [2.05, 4.69) is 21.0 Å². The molecule has 0 unspecified atom stereocenters. The molecule has 25 heavy (non-hydrogen) atoms. The molecule has 1 fully saturated rings. The first-order valence-electron chi connectivity index (χ1n) is 8.18. The molecule has 1 aliphatic rings. The fraction of sp³-hybridized carbons (Fsp3) is 0.444. The lowest BCUT2D eigenvalue weighted by atomic mass is 10.1. The summed E-state index contributed by atoms with van der Waals surface area (Å²) in [5, 5.41) is 9.03. The number of rotatable bonds is 3. The number of hydrogen-bond acceptors (Lipinski definition) is 5. The standard InChI is InChI=1S/C18H21N5O2/c1-10-5-15(20-8-13(10)7-19)18(24)23-9-14(25-4)6-16(23)17-21-11(2)12(3)22-17/h5,8,14,16H,6,9H2,1-4H3,(H,21,22)/t14-,16+/m1/s1. The molecule has 0 aliphatic carbocycles. The van der Waals surface area contributed by atoms with Gasteiger partial charge in [0.2, 0.25) is 0 Å². The van der Waals surface area contributed by atoms with Gasteiger partial charge in [-0.3, -0.25) is 4.79 Å². The van der Waals surface area contributed by atoms with Gasteiger partial charge >= 0.3 is 0 Å². The lowest BCUT2D eigenvalue weighted by molar-refractivity contribution is 0.0679. The van der Waals surface area contributed by atoms with Crippen LogP contribution in [0.1, 0.15) is 51.3 Å². The van der Waals surface area contributed by atoms with Gasteiger partial charge in [0, 0.05) is 32.0 Å². The Morgan fingerprint density at radius 2 is 2.20 bits per heavy atom. The second-order valence-corrected chi connectivity index (χ2v) is 6.40. The lowest BCUT2D eigenvalue weighted by Gasteiger charge is -2.22. The summed E-state index contributed by atoms with van der Waals surface area (Å²) in [6, 6.07) is 3.55. The van der Waals surface area contributed by atoms with E-state index < -0.39 is 0 Å². The predicted molar refractivity (Wildman–Crippen MR) is 90.9 cm³/mol. The topological polar surface area (TPSA) is 94.9 Å². The zero-order chi connectivity index (χ0) is 18.1. The first kappa shape index (κ1) is 17.1. The van der Waals surface area contributed by atoms with Crippen LogP contribution in [0.4, 0.5) is 0 Å². The number of H-pyrrole nitrogens is 1. The molecule has 7 heteroatoms. The maximum Gasteiger partial charge on any atom is 0.273 e. The number of hydrogen-bond donors (Lipinski definition) is 1. The predicted octanol–water partition coefficient (Wildman–Crippen LogP) is 2.20. The van der Waals surface area contributed by atoms with Crippen LogP contribution >= 0.6 is 0 Å². The Morgan fingerprint density at radius 3 is 2.76 bits per heavy atom. The summed E-state index contributed by atoms with van der Waals surface area (Å²) < 4.78 is 5.48. The number of pyridine rings is 1. The number of imidazole rings is 1. The molecule has 1 N–H and O–H groups in total. The smallest absolute Gasteiger partial charge is 0.273 e. The second-order valence-electron chi connectivity index (χ2n) is 6.40. The third kappa shape index (κ3) is 3.13. The molecule has 2 aromatic rings. The van der Waals surface area contributed by atoms with Crippen LogP contribution in [-0.4, -0.2) is 45.5 Å². The van der Waals surface area contributed by atoms with Crippen molar-refractivity contribution in [3.05, 3.63) is 46.3 Å². The monoisotopic (exact) mass is 339 g/mol. The Labute approximate surface area is 146 Å². The highest BCUT2D eigenvalue weighted by atomic mass is 16.5. The van der Waals surface area contributed by atoms with Crippen LogP contribution in [0.5, 0.6) is 0 Å². The average Bonchev–Trinajstić information content (AvgIpc) is 3.17. The van der Waals surface area contributed by atoms with E-state index >= 15 is 0 Å². The number of likely N-dealkylation sites (tertiary alicyclic amines) is 1. The Balaban J connectivity index is 1.93. The van der Waals surface area contributed by atoms with Crippen LogP contribution in [0.15, 0.2) is 12.3 Å². The zero-order valence-electron chi connectivity index (χ0n) is 14.8. The Morgan fingerprint density at radius 1 is 1.44 bits per heavy atom. The number of nitrogens with zero attached hydrogens (tertiary/aromatic N) is 4. The number of ether oxygens (including phenoxy) is 1. The number of aryl methyl sites for hydroxylation is 3. The number of aromatic amines is 1. The van der Waals surface area contributed by atoms with E-state index in [1.54, 1.807) is 25.0 Å². The minimum atomic E-state index is -0.178. The van der Waals surface area contributed by atoms with Gasteiger partial charge in [0.15, 0.2) is 0 Å². The van der Waals surface area contributed by atoms with Crippen LogP contribution in [-0.2, 0) is 4.74 Å². The summed E-state index contributed by atoms with van der Waals surface area (Å²) in [4.78, 5) is 26.8. The highest BCUT2D eigenvalue weighted by molar-refractivity contribution is 5.93. The lowest BCUT2D eigenvalue weighted by Crippen LogP contribution is -2.33. The van der Waals surface area contributed by atoms with Crippen molar-refractivity contribution in [1.29, 1.82) is 5.26 Å². The molecular weight excluding hydrogens is 318 g/mol. The number of carbonyl (C=O) groups is 1. The Hall–Kier alpha value is -2.72. The second kappa shape index (κ2) is 6.65. The Kier molecular flexibility index (Phi) is 4.55. The van der Waals surface area contributed by atoms with Gasteiger partial charge in [0.1, 0.15) is 17.6 Å². The molecule has 7 nitrogen and oxygen atoms in total. The molecule has 3 rings (SSSR count). The molecule has 0 spiro atoms. The van der Waals surface area contributed by atoms with Gasteiger partial charge in [-0.15, -0.1) is 0 Å². The molecular formula is C18H21N5O2. The molecule has 1 saturated heterocycles. The van der Waals surface area contributed by atoms with Crippen LogP contribution in [0.25, 0.3) is 0 Å². The Bertz CT molecular complexity index is 832.